The number of aliphatic carboxylic acids is 1. The Morgan fingerprint density at radius 3 is 2.53 bits per heavy atom. The molecule has 1 rings (SSSR count). The van der Waals surface area contributed by atoms with Gasteiger partial charge >= 0.3 is 5.97 Å². The molecule has 1 atom stereocenters. The fourth-order valence-corrected chi connectivity index (χ4v) is 1.12. The van der Waals surface area contributed by atoms with Gasteiger partial charge in [0, 0.05) is 15.1 Å². The van der Waals surface area contributed by atoms with Gasteiger partial charge in [-0.1, -0.05) is 38.0 Å². The molecule has 0 saturated heterocycles. The lowest BCUT2D eigenvalue weighted by atomic mass is 9.97. The van der Waals surface area contributed by atoms with E-state index in [0.29, 0.717) is 0 Å². The van der Waals surface area contributed by atoms with Crippen LogP contribution in [-0.4, -0.2) is 11.1 Å². The number of carboxylic acids is 1. The molecular formula is C13H18O2. The van der Waals surface area contributed by atoms with Crippen molar-refractivity contribution < 1.29 is 25.0 Å². The lowest BCUT2D eigenvalue weighted by molar-refractivity contribution is -0.138. The van der Waals surface area contributed by atoms with Gasteiger partial charge in [0.05, 0.1) is 5.89 Å². The van der Waals surface area contributed by atoms with Crippen LogP contribution in [0.5, 0.6) is 0 Å². The molecule has 82 valence electrons. The van der Waals surface area contributed by atoms with E-state index in [1.807, 2.05) is 0 Å². The second kappa shape index (κ2) is 4.96. The van der Waals surface area contributed by atoms with Crippen LogP contribution in [0.2, 0.25) is 0 Å². The van der Waals surface area contributed by atoms with E-state index in [1.54, 1.807) is 0 Å². The van der Waals surface area contributed by atoms with Crippen molar-refractivity contribution in [3.05, 3.63) is 35.4 Å². The van der Waals surface area contributed by atoms with Gasteiger partial charge in [-0.2, -0.15) is 0 Å². The third-order valence-corrected chi connectivity index (χ3v) is 1.84. The van der Waals surface area contributed by atoms with Crippen LogP contribution in [0.1, 0.15) is 52.7 Å². The van der Waals surface area contributed by atoms with Gasteiger partial charge in [0.1, 0.15) is 0 Å². The SMILES string of the molecule is [2H]C([2H])([2H])C([2H])(C(=O)O)c1ccc(CC([2H])(C([2H])([2H])[2H])C([2H])([2H])[2H])cc1. The standard InChI is InChI=1S/C13H18O2/c1-9(2)8-11-4-6-12(7-5-11)10(3)13(14)15/h4-7,9-10H,8H2,1-3H3,(H,14,15)/i1D3,2D3,3D3,9D,10D. The van der Waals surface area contributed by atoms with Crippen molar-refractivity contribution >= 4 is 5.97 Å². The second-order valence-electron chi connectivity index (χ2n) is 3.03. The smallest absolute Gasteiger partial charge is 0.310 e. The summed E-state index contributed by atoms with van der Waals surface area (Å²) < 4.78 is 81.9. The highest BCUT2D eigenvalue weighted by Gasteiger charge is 2.12. The van der Waals surface area contributed by atoms with Crippen LogP contribution in [0.25, 0.3) is 0 Å². The number of hydrogen-bond donors (Lipinski definition) is 1. The molecule has 2 heteroatoms. The first-order valence-electron chi connectivity index (χ1n) is 9.71. The summed E-state index contributed by atoms with van der Waals surface area (Å²) >= 11 is 0. The van der Waals surface area contributed by atoms with Crippen LogP contribution in [0.3, 0.4) is 0 Å². The normalized spacial score (nSPS) is 28.9. The minimum absolute atomic E-state index is 0.0919. The molecule has 0 aliphatic heterocycles. The maximum absolute atomic E-state index is 11.3. The van der Waals surface area contributed by atoms with Crippen LogP contribution >= 0.6 is 0 Å². The van der Waals surface area contributed by atoms with Crippen molar-refractivity contribution in [1.82, 2.24) is 0 Å². The van der Waals surface area contributed by atoms with Gasteiger partial charge in [-0.05, 0) is 30.3 Å². The van der Waals surface area contributed by atoms with Gasteiger partial charge in [-0.15, -0.1) is 0 Å². The number of benzene rings is 1. The van der Waals surface area contributed by atoms with Crippen molar-refractivity contribution in [3.8, 4) is 0 Å². The quantitative estimate of drug-likeness (QED) is 0.841. The first kappa shape index (κ1) is 3.62. The molecule has 0 aromatic heterocycles. The highest BCUT2D eigenvalue weighted by Crippen LogP contribution is 2.17. The highest BCUT2D eigenvalue weighted by molar-refractivity contribution is 5.75. The molecule has 0 radical (unpaired) electrons. The molecule has 1 unspecified atom stereocenters. The van der Waals surface area contributed by atoms with Gasteiger partial charge < -0.3 is 5.11 Å². The van der Waals surface area contributed by atoms with Crippen LogP contribution < -0.4 is 0 Å². The maximum Gasteiger partial charge on any atom is 0.310 e. The summed E-state index contributed by atoms with van der Waals surface area (Å²) in [5.74, 6) is -7.61. The Morgan fingerprint density at radius 1 is 1.40 bits per heavy atom. The van der Waals surface area contributed by atoms with Crippen molar-refractivity contribution in [1.29, 1.82) is 0 Å². The van der Waals surface area contributed by atoms with Crippen LogP contribution in [0.15, 0.2) is 24.3 Å². The summed E-state index contributed by atoms with van der Waals surface area (Å²) in [6, 6.07) is 4.30. The van der Waals surface area contributed by atoms with Crippen molar-refractivity contribution in [2.75, 3.05) is 0 Å². The van der Waals surface area contributed by atoms with E-state index in [-0.39, 0.29) is 11.1 Å². The van der Waals surface area contributed by atoms with Crippen LogP contribution in [0.4, 0.5) is 0 Å². The van der Waals surface area contributed by atoms with Gasteiger partial charge in [0.15, 0.2) is 0 Å². The molecule has 15 heavy (non-hydrogen) atoms. The molecule has 0 aliphatic carbocycles. The maximum atomic E-state index is 11.3. The Kier molecular flexibility index (Phi) is 1.20. The molecule has 0 amide bonds. The molecule has 0 aliphatic rings. The Bertz CT molecular complexity index is 643. The summed E-state index contributed by atoms with van der Waals surface area (Å²) in [6.07, 6.45) is -0.688. The van der Waals surface area contributed by atoms with E-state index in [0.717, 1.165) is 24.3 Å². The van der Waals surface area contributed by atoms with Gasteiger partial charge in [0.25, 0.3) is 0 Å². The lowest BCUT2D eigenvalue weighted by Crippen LogP contribution is -2.07. The Morgan fingerprint density at radius 2 is 2.07 bits per heavy atom. The summed E-state index contributed by atoms with van der Waals surface area (Å²) in [6.45, 7) is -9.40. The van der Waals surface area contributed by atoms with E-state index < -0.39 is 44.7 Å². The van der Waals surface area contributed by atoms with Gasteiger partial charge in [0.2, 0.25) is 0 Å². The van der Waals surface area contributed by atoms with Crippen LogP contribution in [0, 0.1) is 5.89 Å². The van der Waals surface area contributed by atoms with Gasteiger partial charge in [-0.3, -0.25) is 4.79 Å². The molecule has 1 aromatic carbocycles. The molecule has 0 saturated carbocycles. The third-order valence-electron chi connectivity index (χ3n) is 1.84. The monoisotopic (exact) mass is 217 g/mol. The second-order valence-corrected chi connectivity index (χ2v) is 3.03. The molecule has 1 aromatic rings. The van der Waals surface area contributed by atoms with E-state index in [1.165, 1.54) is 0 Å². The van der Waals surface area contributed by atoms with Crippen molar-refractivity contribution in [3.63, 3.8) is 0 Å². The minimum atomic E-state index is -3.17. The average Bonchev–Trinajstić information content (AvgIpc) is 2.43. The molecule has 0 bridgehead atoms. The largest absolute Gasteiger partial charge is 0.481 e. The van der Waals surface area contributed by atoms with E-state index >= 15 is 0 Å². The minimum Gasteiger partial charge on any atom is -0.481 e. The first-order chi connectivity index (χ1) is 11.4. The third kappa shape index (κ3) is 3.39. The predicted octanol–water partition coefficient (Wildman–Crippen LogP) is 3.07. The zero-order valence-corrected chi connectivity index (χ0v) is 7.87. The number of hydrogen-bond acceptors (Lipinski definition) is 1. The molecule has 0 heterocycles. The molecular weight excluding hydrogens is 188 g/mol. The highest BCUT2D eigenvalue weighted by atomic mass is 16.4. The van der Waals surface area contributed by atoms with E-state index in [4.69, 9.17) is 20.2 Å². The Balaban J connectivity index is 3.32. The van der Waals surface area contributed by atoms with Gasteiger partial charge in [-0.25, -0.2) is 0 Å². The fraction of sp³-hybridized carbons (Fsp3) is 0.462. The lowest BCUT2D eigenvalue weighted by Gasteiger charge is -2.09. The van der Waals surface area contributed by atoms with Crippen LogP contribution in [-0.2, 0) is 11.2 Å². The summed E-state index contributed by atoms with van der Waals surface area (Å²) in [7, 11) is 0. The van der Waals surface area contributed by atoms with Crippen molar-refractivity contribution in [2.24, 2.45) is 5.89 Å². The van der Waals surface area contributed by atoms with Crippen molar-refractivity contribution in [2.45, 2.75) is 32.9 Å². The molecule has 0 fully saturated rings. The summed E-state index contributed by atoms with van der Waals surface area (Å²) in [5, 5.41) is 9.16. The zero-order chi connectivity index (χ0) is 20.8. The molecule has 0 spiro atoms. The Hall–Kier alpha value is -1.31. The predicted molar refractivity (Wildman–Crippen MR) is 61.0 cm³/mol. The number of rotatable bonds is 4. The zero-order valence-electron chi connectivity index (χ0n) is 18.9. The Labute approximate surface area is 106 Å². The van der Waals surface area contributed by atoms with E-state index in [2.05, 4.69) is 0 Å². The number of carboxylic acid groups (broad SMARTS) is 1. The number of carbonyl (C=O) groups is 1. The first-order valence-corrected chi connectivity index (χ1v) is 4.21. The fourth-order valence-electron chi connectivity index (χ4n) is 1.12. The van der Waals surface area contributed by atoms with E-state index in [9.17, 15) is 4.79 Å². The molecule has 2 nitrogen and oxygen atoms in total. The molecule has 1 N–H and O–H groups in total. The average molecular weight is 217 g/mol. The summed E-state index contributed by atoms with van der Waals surface area (Å²) in [4.78, 5) is 11.3. The topological polar surface area (TPSA) is 37.3 Å². The summed E-state index contributed by atoms with van der Waals surface area (Å²) in [5.41, 5.74) is -0.277.